The van der Waals surface area contributed by atoms with Crippen LogP contribution in [0.15, 0.2) is 36.4 Å². The molecule has 3 heterocycles. The lowest BCUT2D eigenvalue weighted by molar-refractivity contribution is -0.140. The summed E-state index contributed by atoms with van der Waals surface area (Å²) in [6, 6.07) is 8.75. The second kappa shape index (κ2) is 16.2. The molecule has 1 aromatic heterocycles. The summed E-state index contributed by atoms with van der Waals surface area (Å²) in [5.74, 6) is -1.74. The van der Waals surface area contributed by atoms with Gasteiger partial charge in [0.25, 0.3) is 11.8 Å². The Kier molecular flexibility index (Phi) is 13.0. The first-order valence-corrected chi connectivity index (χ1v) is 15.2. The molecule has 240 valence electrons. The van der Waals surface area contributed by atoms with Crippen molar-refractivity contribution in [3.05, 3.63) is 45.6 Å². The molecule has 2 N–H and O–H groups in total. The van der Waals surface area contributed by atoms with Crippen LogP contribution in [0.2, 0.25) is 4.34 Å². The molecule has 2 aromatic rings. The van der Waals surface area contributed by atoms with Crippen molar-refractivity contribution in [1.82, 2.24) is 10.2 Å². The van der Waals surface area contributed by atoms with Crippen molar-refractivity contribution < 1.29 is 38.6 Å². The lowest BCUT2D eigenvalue weighted by atomic mass is 10.0. The summed E-state index contributed by atoms with van der Waals surface area (Å²) in [7, 11) is 0. The number of hydrogen-bond acceptors (Lipinski definition) is 9. The fourth-order valence-electron chi connectivity index (χ4n) is 5.12. The molecule has 15 heteroatoms. The molecule has 3 amide bonds. The Hall–Kier alpha value is -3.23. The first-order valence-electron chi connectivity index (χ1n) is 14.0. The molecule has 3 atom stereocenters. The largest absolute Gasteiger partial charge is 0.480 e. The minimum absolute atomic E-state index is 0. The number of benzene rings is 1. The normalized spacial score (nSPS) is 18.0. The molecule has 44 heavy (non-hydrogen) atoms. The molecular formula is C29H36Cl2N4O8S. The van der Waals surface area contributed by atoms with Gasteiger partial charge in [0.1, 0.15) is 25.0 Å². The third-order valence-electron chi connectivity index (χ3n) is 7.34. The zero-order valence-corrected chi connectivity index (χ0v) is 26.7. The number of thiophene rings is 1. The highest BCUT2D eigenvalue weighted by Crippen LogP contribution is 2.28. The van der Waals surface area contributed by atoms with Gasteiger partial charge in [0.15, 0.2) is 0 Å². The van der Waals surface area contributed by atoms with Gasteiger partial charge >= 0.3 is 12.1 Å². The van der Waals surface area contributed by atoms with E-state index in [4.69, 9.17) is 21.1 Å². The van der Waals surface area contributed by atoms with Gasteiger partial charge in [0.2, 0.25) is 0 Å². The highest BCUT2D eigenvalue weighted by molar-refractivity contribution is 7.18. The van der Waals surface area contributed by atoms with Crippen LogP contribution in [0.3, 0.4) is 0 Å². The van der Waals surface area contributed by atoms with Gasteiger partial charge in [-0.05, 0) is 48.7 Å². The molecule has 0 aliphatic carbocycles. The topological polar surface area (TPSA) is 146 Å². The number of aliphatic carboxylic acids is 1. The van der Waals surface area contributed by atoms with Crippen molar-refractivity contribution in [2.75, 3.05) is 49.2 Å². The van der Waals surface area contributed by atoms with Crippen LogP contribution in [0.4, 0.5) is 16.2 Å². The van der Waals surface area contributed by atoms with Crippen LogP contribution < -0.4 is 15.1 Å². The summed E-state index contributed by atoms with van der Waals surface area (Å²) in [6.45, 7) is 4.74. The number of amides is 3. The number of ether oxygens (including phenoxy) is 2. The monoisotopic (exact) mass is 670 g/mol. The van der Waals surface area contributed by atoms with E-state index in [-0.39, 0.29) is 69.2 Å². The number of anilines is 2. The maximum Gasteiger partial charge on any atom is 0.414 e. The standard InChI is InChI=1S/C29H35ClN4O8S.ClH/c1-18(2)26(28(38)39)31-14-21(4-3-12-35)33(27(37)23-9-10-24(30)43-23)15-22-16-34(29(40)42-22)20-7-5-19(6-8-20)32-11-13-41-17-25(32)36;/h5-10,12,18,21-22,26,31H,3-4,11,13-17H2,1-2H3,(H,38,39);1H/t21?,22-,26-;/m0./s1. The summed E-state index contributed by atoms with van der Waals surface area (Å²) < 4.78 is 11.3. The number of nitrogens with one attached hydrogen (secondary N) is 1. The third kappa shape index (κ3) is 8.69. The van der Waals surface area contributed by atoms with Crippen LogP contribution in [0.25, 0.3) is 0 Å². The first-order chi connectivity index (χ1) is 20.6. The van der Waals surface area contributed by atoms with E-state index in [2.05, 4.69) is 5.32 Å². The average Bonchev–Trinajstić information content (AvgIpc) is 3.58. The molecule has 1 unspecified atom stereocenters. The van der Waals surface area contributed by atoms with Crippen LogP contribution in [0.1, 0.15) is 36.4 Å². The van der Waals surface area contributed by atoms with Crippen molar-refractivity contribution in [3.63, 3.8) is 0 Å². The molecule has 12 nitrogen and oxygen atoms in total. The molecular weight excluding hydrogens is 635 g/mol. The molecule has 4 rings (SSSR count). The van der Waals surface area contributed by atoms with E-state index in [1.165, 1.54) is 9.80 Å². The van der Waals surface area contributed by atoms with E-state index in [0.29, 0.717) is 33.7 Å². The van der Waals surface area contributed by atoms with Gasteiger partial charge in [-0.25, -0.2) is 4.79 Å². The number of hydrogen-bond donors (Lipinski definition) is 2. The Bertz CT molecular complexity index is 1320. The number of carboxylic acids is 1. The van der Waals surface area contributed by atoms with Gasteiger partial charge in [-0.3, -0.25) is 19.3 Å². The Morgan fingerprint density at radius 1 is 1.16 bits per heavy atom. The lowest BCUT2D eigenvalue weighted by Gasteiger charge is -2.34. The molecule has 1 aromatic carbocycles. The number of carbonyl (C=O) groups excluding carboxylic acids is 4. The van der Waals surface area contributed by atoms with E-state index in [1.54, 1.807) is 55.1 Å². The number of aldehydes is 1. The number of carbonyl (C=O) groups is 5. The Morgan fingerprint density at radius 2 is 1.84 bits per heavy atom. The summed E-state index contributed by atoms with van der Waals surface area (Å²) >= 11 is 7.21. The van der Waals surface area contributed by atoms with Crippen LogP contribution in [0.5, 0.6) is 0 Å². The van der Waals surface area contributed by atoms with Gasteiger partial charge in [-0.2, -0.15) is 0 Å². The maximum absolute atomic E-state index is 13.8. The quantitative estimate of drug-likeness (QED) is 0.287. The maximum atomic E-state index is 13.8. The molecule has 2 aliphatic rings. The Morgan fingerprint density at radius 3 is 2.41 bits per heavy atom. The summed E-state index contributed by atoms with van der Waals surface area (Å²) in [6.07, 6.45) is -0.112. The van der Waals surface area contributed by atoms with Gasteiger partial charge in [0, 0.05) is 36.9 Å². The van der Waals surface area contributed by atoms with Gasteiger partial charge in [-0.1, -0.05) is 25.4 Å². The van der Waals surface area contributed by atoms with Crippen LogP contribution in [0, 0.1) is 5.92 Å². The van der Waals surface area contributed by atoms with Gasteiger partial charge < -0.3 is 34.5 Å². The molecule has 2 aliphatic heterocycles. The number of cyclic esters (lactones) is 1. The van der Waals surface area contributed by atoms with E-state index in [1.807, 2.05) is 0 Å². The number of rotatable bonds is 14. The van der Waals surface area contributed by atoms with Crippen molar-refractivity contribution in [2.45, 2.75) is 44.9 Å². The molecule has 0 spiro atoms. The fourth-order valence-corrected chi connectivity index (χ4v) is 6.12. The highest BCUT2D eigenvalue weighted by Gasteiger charge is 2.37. The third-order valence-corrected chi connectivity index (χ3v) is 8.56. The first kappa shape index (κ1) is 35.3. The minimum Gasteiger partial charge on any atom is -0.480 e. The van der Waals surface area contributed by atoms with Crippen LogP contribution in [-0.4, -0.2) is 97.7 Å². The van der Waals surface area contributed by atoms with Crippen molar-refractivity contribution in [2.24, 2.45) is 5.92 Å². The van der Waals surface area contributed by atoms with E-state index in [9.17, 15) is 29.1 Å². The fraction of sp³-hybridized carbons (Fsp3) is 0.483. The Balaban J connectivity index is 0.00000529. The molecule has 2 fully saturated rings. The predicted molar refractivity (Wildman–Crippen MR) is 168 cm³/mol. The van der Waals surface area contributed by atoms with E-state index < -0.39 is 30.3 Å². The predicted octanol–water partition coefficient (Wildman–Crippen LogP) is 3.70. The molecule has 2 saturated heterocycles. The summed E-state index contributed by atoms with van der Waals surface area (Å²) in [5, 5.41) is 12.7. The summed E-state index contributed by atoms with van der Waals surface area (Å²) in [5.41, 5.74) is 1.26. The zero-order valence-electron chi connectivity index (χ0n) is 24.3. The van der Waals surface area contributed by atoms with E-state index >= 15 is 0 Å². The van der Waals surface area contributed by atoms with Crippen molar-refractivity contribution >= 4 is 76.9 Å². The number of halogens is 2. The van der Waals surface area contributed by atoms with Crippen LogP contribution in [-0.2, 0) is 23.9 Å². The highest BCUT2D eigenvalue weighted by atomic mass is 35.5. The second-order valence-electron chi connectivity index (χ2n) is 10.7. The summed E-state index contributed by atoms with van der Waals surface area (Å²) in [4.78, 5) is 67.0. The molecule has 0 bridgehead atoms. The lowest BCUT2D eigenvalue weighted by Crippen LogP contribution is -2.52. The molecule has 0 saturated carbocycles. The SMILES string of the molecule is CC(C)[C@H](NCC(CCC=O)N(C[C@H]1CN(c2ccc(N3CCOCC3=O)cc2)C(=O)O1)C(=O)c1ccc(Cl)s1)C(=O)O.Cl. The molecule has 0 radical (unpaired) electrons. The van der Waals surface area contributed by atoms with Crippen molar-refractivity contribution in [1.29, 1.82) is 0 Å². The number of nitrogens with zero attached hydrogens (tertiary/aromatic N) is 3. The van der Waals surface area contributed by atoms with Gasteiger partial charge in [-0.15, -0.1) is 23.7 Å². The van der Waals surface area contributed by atoms with Gasteiger partial charge in [0.05, 0.1) is 28.9 Å². The smallest absolute Gasteiger partial charge is 0.414 e. The second-order valence-corrected chi connectivity index (χ2v) is 12.4. The zero-order chi connectivity index (χ0) is 31.1. The number of morpholine rings is 1. The van der Waals surface area contributed by atoms with Crippen molar-refractivity contribution in [3.8, 4) is 0 Å². The minimum atomic E-state index is -1.02. The van der Waals surface area contributed by atoms with E-state index in [0.717, 1.165) is 17.6 Å². The average molecular weight is 672 g/mol. The Labute approximate surface area is 270 Å². The van der Waals surface area contributed by atoms with Crippen LogP contribution >= 0.6 is 35.3 Å². The number of carboxylic acid groups (broad SMARTS) is 1.